The molecule has 1 aromatic heterocycles. The zero-order valence-electron chi connectivity index (χ0n) is 13.4. The number of fused-ring (bicyclic) bond motifs is 1. The van der Waals surface area contributed by atoms with Crippen LogP contribution in [-0.4, -0.2) is 9.78 Å². The topological polar surface area (TPSA) is 34.9 Å². The van der Waals surface area contributed by atoms with Gasteiger partial charge in [0.2, 0.25) is 0 Å². The summed E-state index contributed by atoms with van der Waals surface area (Å²) >= 11 is 0. The first-order chi connectivity index (χ1) is 12.2. The molecule has 0 radical (unpaired) electrons. The minimum atomic E-state index is -0.268. The fourth-order valence-corrected chi connectivity index (χ4v) is 2.93. The molecule has 0 atom stereocenters. The van der Waals surface area contributed by atoms with Crippen molar-refractivity contribution in [1.82, 2.24) is 9.78 Å². The van der Waals surface area contributed by atoms with Gasteiger partial charge >= 0.3 is 0 Å². The first-order valence-corrected chi connectivity index (χ1v) is 8.03. The van der Waals surface area contributed by atoms with E-state index in [1.807, 2.05) is 54.6 Å². The van der Waals surface area contributed by atoms with Crippen molar-refractivity contribution in [2.75, 3.05) is 0 Å². The summed E-state index contributed by atoms with van der Waals surface area (Å²) in [7, 11) is 0. The van der Waals surface area contributed by atoms with Gasteiger partial charge in [0.25, 0.3) is 5.56 Å². The zero-order chi connectivity index (χ0) is 17.2. The Morgan fingerprint density at radius 2 is 1.44 bits per heavy atom. The van der Waals surface area contributed by atoms with Crippen molar-refractivity contribution in [2.24, 2.45) is 0 Å². The molecule has 0 aliphatic rings. The fraction of sp³-hybridized carbons (Fsp3) is 0.0476. The van der Waals surface area contributed by atoms with Crippen molar-refractivity contribution in [3.63, 3.8) is 0 Å². The molecular weight excluding hydrogens is 315 g/mol. The molecule has 3 aromatic carbocycles. The van der Waals surface area contributed by atoms with Gasteiger partial charge in [0, 0.05) is 11.8 Å². The van der Waals surface area contributed by atoms with Crippen LogP contribution in [-0.2, 0) is 6.42 Å². The first kappa shape index (κ1) is 15.3. The average Bonchev–Trinajstić information content (AvgIpc) is 2.66. The highest BCUT2D eigenvalue weighted by Gasteiger charge is 2.12. The van der Waals surface area contributed by atoms with Gasteiger partial charge in [-0.25, -0.2) is 4.39 Å². The lowest BCUT2D eigenvalue weighted by Crippen LogP contribution is -2.23. The number of aromatic nitrogens is 2. The average molecular weight is 330 g/mol. The van der Waals surface area contributed by atoms with Crippen molar-refractivity contribution in [1.29, 1.82) is 0 Å². The van der Waals surface area contributed by atoms with Gasteiger partial charge in [0.15, 0.2) is 0 Å². The number of halogens is 1. The second-order valence-electron chi connectivity index (χ2n) is 5.85. The lowest BCUT2D eigenvalue weighted by molar-refractivity contribution is 0.627. The molecule has 0 bridgehead atoms. The normalized spacial score (nSPS) is 10.9. The van der Waals surface area contributed by atoms with E-state index in [2.05, 4.69) is 5.10 Å². The molecule has 0 aliphatic heterocycles. The minimum Gasteiger partial charge on any atom is -0.267 e. The molecule has 25 heavy (non-hydrogen) atoms. The molecule has 4 rings (SSSR count). The Bertz CT molecular complexity index is 1090. The summed E-state index contributed by atoms with van der Waals surface area (Å²) in [6.45, 7) is 0. The zero-order valence-corrected chi connectivity index (χ0v) is 13.4. The standard InChI is InChI=1S/C21H15FN2O/c22-16-12-10-15(11-13-16)14-20-18-8-4-5-9-19(18)21(25)24(23-20)17-6-2-1-3-7-17/h1-13H,14H2. The monoisotopic (exact) mass is 330 g/mol. The molecule has 4 heteroatoms. The fourth-order valence-electron chi connectivity index (χ4n) is 2.93. The number of para-hydroxylation sites is 1. The molecule has 3 nitrogen and oxygen atoms in total. The van der Waals surface area contributed by atoms with Gasteiger partial charge in [-0.05, 0) is 35.9 Å². The molecule has 0 saturated carbocycles. The van der Waals surface area contributed by atoms with Crippen LogP contribution in [0.25, 0.3) is 16.5 Å². The van der Waals surface area contributed by atoms with Crippen LogP contribution in [0.4, 0.5) is 4.39 Å². The van der Waals surface area contributed by atoms with Crippen molar-refractivity contribution < 1.29 is 4.39 Å². The van der Waals surface area contributed by atoms with Crippen LogP contribution in [0.3, 0.4) is 0 Å². The lowest BCUT2D eigenvalue weighted by Gasteiger charge is -2.11. The van der Waals surface area contributed by atoms with Crippen molar-refractivity contribution in [3.05, 3.63) is 106 Å². The highest BCUT2D eigenvalue weighted by atomic mass is 19.1. The molecular formula is C21H15FN2O. The Morgan fingerprint density at radius 3 is 2.16 bits per heavy atom. The lowest BCUT2D eigenvalue weighted by atomic mass is 10.0. The maximum Gasteiger partial charge on any atom is 0.279 e. The van der Waals surface area contributed by atoms with Crippen LogP contribution < -0.4 is 5.56 Å². The van der Waals surface area contributed by atoms with Crippen LogP contribution in [0.15, 0.2) is 83.7 Å². The van der Waals surface area contributed by atoms with E-state index in [1.54, 1.807) is 12.1 Å². The molecule has 0 spiro atoms. The van der Waals surface area contributed by atoms with Gasteiger partial charge in [-0.15, -0.1) is 0 Å². The minimum absolute atomic E-state index is 0.148. The molecule has 1 heterocycles. The largest absolute Gasteiger partial charge is 0.279 e. The number of hydrogen-bond acceptors (Lipinski definition) is 2. The molecule has 0 amide bonds. The van der Waals surface area contributed by atoms with E-state index < -0.39 is 0 Å². The quantitative estimate of drug-likeness (QED) is 0.566. The van der Waals surface area contributed by atoms with E-state index in [-0.39, 0.29) is 11.4 Å². The Labute approximate surface area is 144 Å². The van der Waals surface area contributed by atoms with Crippen LogP contribution in [0, 0.1) is 5.82 Å². The maximum atomic E-state index is 13.2. The van der Waals surface area contributed by atoms with E-state index in [1.165, 1.54) is 16.8 Å². The molecule has 0 unspecified atom stereocenters. The highest BCUT2D eigenvalue weighted by molar-refractivity contribution is 5.84. The summed E-state index contributed by atoms with van der Waals surface area (Å²) in [5.74, 6) is -0.268. The molecule has 0 fully saturated rings. The molecule has 122 valence electrons. The second kappa shape index (κ2) is 6.32. The highest BCUT2D eigenvalue weighted by Crippen LogP contribution is 2.18. The third-order valence-electron chi connectivity index (χ3n) is 4.17. The van der Waals surface area contributed by atoms with Crippen LogP contribution >= 0.6 is 0 Å². The molecule has 0 N–H and O–H groups in total. The Balaban J connectivity index is 1.92. The summed E-state index contributed by atoms with van der Waals surface area (Å²) in [5, 5.41) is 6.05. The predicted molar refractivity (Wildman–Crippen MR) is 96.5 cm³/mol. The van der Waals surface area contributed by atoms with Gasteiger partial charge in [-0.3, -0.25) is 4.79 Å². The molecule has 0 aliphatic carbocycles. The van der Waals surface area contributed by atoms with E-state index in [0.717, 1.165) is 22.3 Å². The van der Waals surface area contributed by atoms with Gasteiger partial charge in [-0.1, -0.05) is 48.5 Å². The van der Waals surface area contributed by atoms with E-state index in [4.69, 9.17) is 0 Å². The van der Waals surface area contributed by atoms with Crippen molar-refractivity contribution in [3.8, 4) is 5.69 Å². The third kappa shape index (κ3) is 2.94. The number of hydrogen-bond donors (Lipinski definition) is 0. The summed E-state index contributed by atoms with van der Waals surface area (Å²) < 4.78 is 14.6. The molecule has 0 saturated heterocycles. The molecule has 4 aromatic rings. The third-order valence-corrected chi connectivity index (χ3v) is 4.17. The Kier molecular flexibility index (Phi) is 3.86. The number of benzene rings is 3. The van der Waals surface area contributed by atoms with E-state index >= 15 is 0 Å². The summed E-state index contributed by atoms with van der Waals surface area (Å²) in [6, 6.07) is 23.2. The summed E-state index contributed by atoms with van der Waals surface area (Å²) in [6.07, 6.45) is 0.522. The number of rotatable bonds is 3. The smallest absolute Gasteiger partial charge is 0.267 e. The second-order valence-corrected chi connectivity index (χ2v) is 5.85. The summed E-state index contributed by atoms with van der Waals surface area (Å²) in [5.41, 5.74) is 2.30. The van der Waals surface area contributed by atoms with Crippen LogP contribution in [0.2, 0.25) is 0 Å². The Hall–Kier alpha value is -3.27. The van der Waals surface area contributed by atoms with Gasteiger partial charge in [0.1, 0.15) is 5.82 Å². The predicted octanol–water partition coefficient (Wildman–Crippen LogP) is 4.12. The maximum absolute atomic E-state index is 13.2. The SMILES string of the molecule is O=c1c2ccccc2c(Cc2ccc(F)cc2)nn1-c1ccccc1. The van der Waals surface area contributed by atoms with Crippen molar-refractivity contribution >= 4 is 10.8 Å². The first-order valence-electron chi connectivity index (χ1n) is 8.03. The van der Waals surface area contributed by atoms with Crippen LogP contribution in [0.1, 0.15) is 11.3 Å². The van der Waals surface area contributed by atoms with Gasteiger partial charge in [0.05, 0.1) is 16.8 Å². The van der Waals surface area contributed by atoms with E-state index in [0.29, 0.717) is 11.8 Å². The van der Waals surface area contributed by atoms with Crippen LogP contribution in [0.5, 0.6) is 0 Å². The van der Waals surface area contributed by atoms with Gasteiger partial charge < -0.3 is 0 Å². The number of nitrogens with zero attached hydrogens (tertiary/aromatic N) is 2. The van der Waals surface area contributed by atoms with Crippen molar-refractivity contribution in [2.45, 2.75) is 6.42 Å². The van der Waals surface area contributed by atoms with E-state index in [9.17, 15) is 9.18 Å². The van der Waals surface area contributed by atoms with Gasteiger partial charge in [-0.2, -0.15) is 9.78 Å². The summed E-state index contributed by atoms with van der Waals surface area (Å²) in [4.78, 5) is 12.8. The Morgan fingerprint density at radius 1 is 0.800 bits per heavy atom.